The highest BCUT2D eigenvalue weighted by Crippen LogP contribution is 2.36. The predicted octanol–water partition coefficient (Wildman–Crippen LogP) is 4.13. The van der Waals surface area contributed by atoms with Crippen LogP contribution < -0.4 is 0 Å². The van der Waals surface area contributed by atoms with E-state index in [1.54, 1.807) is 0 Å². The van der Waals surface area contributed by atoms with Crippen LogP contribution in [0, 0.1) is 13.8 Å². The molecule has 0 radical (unpaired) electrons. The van der Waals surface area contributed by atoms with Crippen LogP contribution in [0.5, 0.6) is 5.75 Å². The normalized spacial score (nSPS) is 17.2. The zero-order chi connectivity index (χ0) is 15.0. The van der Waals surface area contributed by atoms with Gasteiger partial charge in [-0.3, -0.25) is 4.90 Å². The molecule has 0 amide bonds. The number of aryl methyl sites for hydroxylation is 3. The SMILES string of the molecule is Cc1cc(O)c(CN(C)[C@@H]2CCc3ccccc32)cc1C. The van der Waals surface area contributed by atoms with Crippen LogP contribution in [0.25, 0.3) is 0 Å². The first-order chi connectivity index (χ1) is 10.1. The molecule has 3 rings (SSSR count). The van der Waals surface area contributed by atoms with E-state index in [1.165, 1.54) is 23.1 Å². The maximum Gasteiger partial charge on any atom is 0.120 e. The Morgan fingerprint density at radius 2 is 1.86 bits per heavy atom. The number of nitrogens with zero attached hydrogens (tertiary/aromatic N) is 1. The lowest BCUT2D eigenvalue weighted by atomic mass is 10.0. The monoisotopic (exact) mass is 281 g/mol. The Balaban J connectivity index is 1.82. The molecular weight excluding hydrogens is 258 g/mol. The van der Waals surface area contributed by atoms with Crippen molar-refractivity contribution in [2.75, 3.05) is 7.05 Å². The first-order valence-electron chi connectivity index (χ1n) is 7.63. The molecule has 110 valence electrons. The molecule has 0 heterocycles. The third kappa shape index (κ3) is 2.68. The number of hydrogen-bond acceptors (Lipinski definition) is 2. The fourth-order valence-electron chi connectivity index (χ4n) is 3.36. The molecule has 1 aliphatic carbocycles. The van der Waals surface area contributed by atoms with Gasteiger partial charge < -0.3 is 5.11 Å². The fraction of sp³-hybridized carbons (Fsp3) is 0.368. The molecule has 2 nitrogen and oxygen atoms in total. The van der Waals surface area contributed by atoms with Crippen molar-refractivity contribution >= 4 is 0 Å². The number of benzene rings is 2. The van der Waals surface area contributed by atoms with E-state index in [2.05, 4.69) is 49.2 Å². The van der Waals surface area contributed by atoms with Gasteiger partial charge in [0.25, 0.3) is 0 Å². The molecule has 1 aliphatic rings. The van der Waals surface area contributed by atoms with Gasteiger partial charge in [-0.05, 0) is 62.1 Å². The van der Waals surface area contributed by atoms with E-state index < -0.39 is 0 Å². The highest BCUT2D eigenvalue weighted by molar-refractivity contribution is 5.41. The Bertz CT molecular complexity index is 663. The Kier molecular flexibility index (Phi) is 3.73. The topological polar surface area (TPSA) is 23.5 Å². The van der Waals surface area contributed by atoms with Crippen molar-refractivity contribution in [2.24, 2.45) is 0 Å². The lowest BCUT2D eigenvalue weighted by Gasteiger charge is -2.26. The molecule has 0 unspecified atom stereocenters. The molecule has 2 heteroatoms. The summed E-state index contributed by atoms with van der Waals surface area (Å²) in [4.78, 5) is 2.36. The number of rotatable bonds is 3. The zero-order valence-corrected chi connectivity index (χ0v) is 13.1. The van der Waals surface area contributed by atoms with Crippen molar-refractivity contribution in [3.63, 3.8) is 0 Å². The molecule has 0 bridgehead atoms. The third-order valence-electron chi connectivity index (χ3n) is 4.75. The molecule has 1 atom stereocenters. The van der Waals surface area contributed by atoms with Crippen molar-refractivity contribution < 1.29 is 5.11 Å². The van der Waals surface area contributed by atoms with Gasteiger partial charge in [0.05, 0.1) is 0 Å². The Hall–Kier alpha value is -1.80. The number of phenolic OH excluding ortho intramolecular Hbond substituents is 1. The van der Waals surface area contributed by atoms with Crippen molar-refractivity contribution in [1.29, 1.82) is 0 Å². The Morgan fingerprint density at radius 1 is 1.14 bits per heavy atom. The van der Waals surface area contributed by atoms with Gasteiger partial charge in [0.15, 0.2) is 0 Å². The summed E-state index contributed by atoms with van der Waals surface area (Å²) in [7, 11) is 2.15. The minimum absolute atomic E-state index is 0.413. The summed E-state index contributed by atoms with van der Waals surface area (Å²) in [6, 6.07) is 13.2. The standard InChI is InChI=1S/C19H23NO/c1-13-10-16(19(21)11-14(13)2)12-20(3)18-9-8-15-6-4-5-7-17(15)18/h4-7,10-11,18,21H,8-9,12H2,1-3H3/t18-/m1/s1. The first-order valence-corrected chi connectivity index (χ1v) is 7.63. The van der Waals surface area contributed by atoms with Crippen LogP contribution in [0.2, 0.25) is 0 Å². The van der Waals surface area contributed by atoms with Gasteiger partial charge in [-0.15, -0.1) is 0 Å². The molecule has 0 aliphatic heterocycles. The molecule has 0 fully saturated rings. The molecule has 0 saturated heterocycles. The fourth-order valence-corrected chi connectivity index (χ4v) is 3.36. The molecule has 2 aromatic carbocycles. The smallest absolute Gasteiger partial charge is 0.120 e. The van der Waals surface area contributed by atoms with E-state index in [4.69, 9.17) is 0 Å². The third-order valence-corrected chi connectivity index (χ3v) is 4.75. The molecular formula is C19H23NO. The van der Waals surface area contributed by atoms with Crippen LogP contribution in [0.15, 0.2) is 36.4 Å². The van der Waals surface area contributed by atoms with Crippen LogP contribution >= 0.6 is 0 Å². The average molecular weight is 281 g/mol. The van der Waals surface area contributed by atoms with Gasteiger partial charge in [0, 0.05) is 18.2 Å². The minimum atomic E-state index is 0.413. The van der Waals surface area contributed by atoms with E-state index in [0.29, 0.717) is 11.8 Å². The summed E-state index contributed by atoms with van der Waals surface area (Å²) in [6.07, 6.45) is 2.32. The average Bonchev–Trinajstić information content (AvgIpc) is 2.88. The summed E-state index contributed by atoms with van der Waals surface area (Å²) in [6.45, 7) is 4.92. The summed E-state index contributed by atoms with van der Waals surface area (Å²) in [5, 5.41) is 10.2. The van der Waals surface area contributed by atoms with Crippen LogP contribution in [0.1, 0.15) is 40.3 Å². The van der Waals surface area contributed by atoms with Gasteiger partial charge >= 0.3 is 0 Å². The van der Waals surface area contributed by atoms with E-state index in [9.17, 15) is 5.11 Å². The van der Waals surface area contributed by atoms with Crippen molar-refractivity contribution in [1.82, 2.24) is 4.90 Å². The molecule has 0 aromatic heterocycles. The van der Waals surface area contributed by atoms with Gasteiger partial charge in [0.2, 0.25) is 0 Å². The second-order valence-corrected chi connectivity index (χ2v) is 6.23. The van der Waals surface area contributed by atoms with Crippen LogP contribution in [0.3, 0.4) is 0 Å². The summed E-state index contributed by atoms with van der Waals surface area (Å²) < 4.78 is 0. The quantitative estimate of drug-likeness (QED) is 0.914. The van der Waals surface area contributed by atoms with Gasteiger partial charge in [-0.2, -0.15) is 0 Å². The second kappa shape index (κ2) is 5.53. The highest BCUT2D eigenvalue weighted by Gasteiger charge is 2.25. The maximum absolute atomic E-state index is 10.2. The number of fused-ring (bicyclic) bond motifs is 1. The molecule has 0 spiro atoms. The maximum atomic E-state index is 10.2. The first kappa shape index (κ1) is 14.2. The Labute approximate surface area is 127 Å². The Morgan fingerprint density at radius 3 is 2.67 bits per heavy atom. The second-order valence-electron chi connectivity index (χ2n) is 6.23. The molecule has 1 N–H and O–H groups in total. The highest BCUT2D eigenvalue weighted by atomic mass is 16.3. The lowest BCUT2D eigenvalue weighted by Crippen LogP contribution is -2.22. The van der Waals surface area contributed by atoms with E-state index in [1.807, 2.05) is 13.0 Å². The van der Waals surface area contributed by atoms with Crippen molar-refractivity contribution in [2.45, 2.75) is 39.3 Å². The zero-order valence-electron chi connectivity index (χ0n) is 13.1. The minimum Gasteiger partial charge on any atom is -0.508 e. The van der Waals surface area contributed by atoms with E-state index in [-0.39, 0.29) is 0 Å². The van der Waals surface area contributed by atoms with Crippen LogP contribution in [-0.4, -0.2) is 17.1 Å². The predicted molar refractivity (Wildman–Crippen MR) is 86.6 cm³/mol. The van der Waals surface area contributed by atoms with Crippen molar-refractivity contribution in [3.8, 4) is 5.75 Å². The lowest BCUT2D eigenvalue weighted by molar-refractivity contribution is 0.233. The van der Waals surface area contributed by atoms with Gasteiger partial charge in [0.1, 0.15) is 5.75 Å². The van der Waals surface area contributed by atoms with E-state index >= 15 is 0 Å². The van der Waals surface area contributed by atoms with E-state index in [0.717, 1.165) is 24.1 Å². The largest absolute Gasteiger partial charge is 0.508 e. The van der Waals surface area contributed by atoms with Crippen LogP contribution in [0.4, 0.5) is 0 Å². The summed E-state index contributed by atoms with van der Waals surface area (Å²) in [5.41, 5.74) is 6.32. The molecule has 0 saturated carbocycles. The summed E-state index contributed by atoms with van der Waals surface area (Å²) in [5.74, 6) is 0.413. The van der Waals surface area contributed by atoms with Crippen molar-refractivity contribution in [3.05, 3.63) is 64.2 Å². The van der Waals surface area contributed by atoms with Gasteiger partial charge in [-0.1, -0.05) is 30.3 Å². The number of aromatic hydroxyl groups is 1. The number of hydrogen-bond donors (Lipinski definition) is 1. The molecule has 21 heavy (non-hydrogen) atoms. The number of phenols is 1. The summed E-state index contributed by atoms with van der Waals surface area (Å²) >= 11 is 0. The molecule has 2 aromatic rings. The van der Waals surface area contributed by atoms with Crippen LogP contribution in [-0.2, 0) is 13.0 Å². The van der Waals surface area contributed by atoms with Gasteiger partial charge in [-0.25, -0.2) is 0 Å².